The fourth-order valence-electron chi connectivity index (χ4n) is 2.80. The van der Waals surface area contributed by atoms with Crippen molar-refractivity contribution in [1.29, 1.82) is 0 Å². The van der Waals surface area contributed by atoms with E-state index < -0.39 is 20.7 Å². The van der Waals surface area contributed by atoms with E-state index in [4.69, 9.17) is 0 Å². The molecule has 9 nitrogen and oxygen atoms in total. The number of rotatable bonds is 5. The fourth-order valence-corrected chi connectivity index (χ4v) is 3.93. The summed E-state index contributed by atoms with van der Waals surface area (Å²) in [6, 6.07) is 9.23. The quantitative estimate of drug-likeness (QED) is 0.455. The molecule has 0 amide bonds. The fraction of sp³-hybridized carbons (Fsp3) is 0.263. The maximum Gasteiger partial charge on any atom is 0.270 e. The van der Waals surface area contributed by atoms with Crippen LogP contribution in [0.4, 0.5) is 11.4 Å². The molecule has 1 aliphatic heterocycles. The van der Waals surface area contributed by atoms with Crippen LogP contribution >= 0.6 is 0 Å². The lowest BCUT2D eigenvalue weighted by Gasteiger charge is -2.10. The van der Waals surface area contributed by atoms with Crippen molar-refractivity contribution in [3.8, 4) is 5.75 Å². The Kier molecular flexibility index (Phi) is 6.23. The number of aliphatic imine (C=N–C) groups is 2. The molecule has 0 unspecified atom stereocenters. The van der Waals surface area contributed by atoms with Crippen molar-refractivity contribution in [2.45, 2.75) is 30.6 Å². The Morgan fingerprint density at radius 2 is 1.97 bits per heavy atom. The highest BCUT2D eigenvalue weighted by Crippen LogP contribution is 2.22. The summed E-state index contributed by atoms with van der Waals surface area (Å²) in [4.78, 5) is 18.6. The zero-order chi connectivity index (χ0) is 20.9. The van der Waals surface area contributed by atoms with E-state index in [9.17, 15) is 23.6 Å². The van der Waals surface area contributed by atoms with Crippen molar-refractivity contribution in [3.63, 3.8) is 0 Å². The molecule has 0 atom stereocenters. The molecule has 0 spiro atoms. The monoisotopic (exact) mass is 415 g/mol. The van der Waals surface area contributed by atoms with Crippen molar-refractivity contribution in [3.05, 3.63) is 58.1 Å². The van der Waals surface area contributed by atoms with E-state index in [1.165, 1.54) is 24.4 Å². The molecule has 10 heteroatoms. The van der Waals surface area contributed by atoms with Crippen LogP contribution in [0.1, 0.15) is 31.2 Å². The van der Waals surface area contributed by atoms with Crippen LogP contribution in [0, 0.1) is 10.1 Å². The number of sulfonamides is 1. The molecule has 152 valence electrons. The molecule has 0 fully saturated rings. The molecule has 0 saturated heterocycles. The van der Waals surface area contributed by atoms with Gasteiger partial charge in [-0.1, -0.05) is 24.3 Å². The Morgan fingerprint density at radius 3 is 2.76 bits per heavy atom. The number of hydrogen-bond acceptors (Lipinski definition) is 7. The first-order valence-electron chi connectivity index (χ1n) is 9.01. The molecule has 2 aromatic rings. The summed E-state index contributed by atoms with van der Waals surface area (Å²) >= 11 is 0. The van der Waals surface area contributed by atoms with Gasteiger partial charge in [0.05, 0.1) is 15.5 Å². The average Bonchev–Trinajstić information content (AvgIpc) is 2.95. The van der Waals surface area contributed by atoms with Gasteiger partial charge in [0, 0.05) is 31.3 Å². The van der Waals surface area contributed by atoms with Gasteiger partial charge in [0.25, 0.3) is 15.7 Å². The summed E-state index contributed by atoms with van der Waals surface area (Å²) in [5.74, 6) is 0.0279. The van der Waals surface area contributed by atoms with Crippen molar-refractivity contribution >= 4 is 33.4 Å². The standard InChI is InChI=1S/C19H20N4O5S/c24-18-9-8-16(23(25)26)11-14(18)13-21-15-5-4-6-17(12-15)29(27,28)22-19-7-2-1-3-10-20-19/h4-6,8-9,11-13,24H,1-3,7,10H2,(H,20,22)/p-1. The second kappa shape index (κ2) is 8.82. The molecular weight excluding hydrogens is 396 g/mol. The van der Waals surface area contributed by atoms with E-state index in [2.05, 4.69) is 14.7 Å². The molecular formula is C19H19N4O5S-. The normalized spacial score (nSPS) is 15.0. The number of amidine groups is 1. The Hall–Kier alpha value is -3.27. The molecule has 0 aromatic heterocycles. The van der Waals surface area contributed by atoms with E-state index in [-0.39, 0.29) is 16.1 Å². The van der Waals surface area contributed by atoms with Crippen LogP contribution in [0.2, 0.25) is 0 Å². The Bertz CT molecular complexity index is 1080. The second-order valence-electron chi connectivity index (χ2n) is 6.48. The summed E-state index contributed by atoms with van der Waals surface area (Å²) < 4.78 is 27.8. The first-order chi connectivity index (χ1) is 13.8. The number of nitro groups is 1. The number of hydrogen-bond donors (Lipinski definition) is 1. The lowest BCUT2D eigenvalue weighted by atomic mass is 10.2. The van der Waals surface area contributed by atoms with Crippen molar-refractivity contribution in [2.75, 3.05) is 6.54 Å². The molecule has 1 heterocycles. The molecule has 29 heavy (non-hydrogen) atoms. The van der Waals surface area contributed by atoms with Crippen LogP contribution < -0.4 is 9.83 Å². The maximum atomic E-state index is 12.6. The summed E-state index contributed by atoms with van der Waals surface area (Å²) in [6.07, 6.45) is 4.60. The molecule has 0 saturated carbocycles. The first kappa shape index (κ1) is 20.5. The zero-order valence-electron chi connectivity index (χ0n) is 15.4. The third-order valence-electron chi connectivity index (χ3n) is 4.31. The highest BCUT2D eigenvalue weighted by atomic mass is 32.2. The minimum Gasteiger partial charge on any atom is -0.872 e. The van der Waals surface area contributed by atoms with Crippen LogP contribution in [0.3, 0.4) is 0 Å². The van der Waals surface area contributed by atoms with Gasteiger partial charge in [-0.05, 0) is 36.6 Å². The molecule has 1 N–H and O–H groups in total. The van der Waals surface area contributed by atoms with Gasteiger partial charge in [0.1, 0.15) is 5.84 Å². The smallest absolute Gasteiger partial charge is 0.270 e. The van der Waals surface area contributed by atoms with Crippen LogP contribution in [0.15, 0.2) is 57.3 Å². The van der Waals surface area contributed by atoms with Gasteiger partial charge in [0.2, 0.25) is 0 Å². The Morgan fingerprint density at radius 1 is 1.14 bits per heavy atom. The van der Waals surface area contributed by atoms with Gasteiger partial charge in [-0.15, -0.1) is 0 Å². The summed E-state index contributed by atoms with van der Waals surface area (Å²) in [6.45, 7) is 0.600. The van der Waals surface area contributed by atoms with Crippen molar-refractivity contribution in [1.82, 2.24) is 4.72 Å². The van der Waals surface area contributed by atoms with Crippen LogP contribution in [0.25, 0.3) is 0 Å². The minimum atomic E-state index is -3.81. The number of non-ortho nitro benzene ring substituents is 1. The summed E-state index contributed by atoms with van der Waals surface area (Å²) in [5.41, 5.74) is 0.107. The number of nitro benzene ring substituents is 1. The van der Waals surface area contributed by atoms with E-state index in [0.717, 1.165) is 37.5 Å². The summed E-state index contributed by atoms with van der Waals surface area (Å²) in [5, 5.41) is 22.7. The Labute approximate surface area is 168 Å². The number of benzene rings is 2. The van der Waals surface area contributed by atoms with Gasteiger partial charge in [-0.25, -0.2) is 8.42 Å². The second-order valence-corrected chi connectivity index (χ2v) is 8.16. The molecule has 1 aliphatic rings. The number of nitrogens with zero attached hydrogens (tertiary/aromatic N) is 3. The van der Waals surface area contributed by atoms with E-state index in [0.29, 0.717) is 24.5 Å². The molecule has 0 aliphatic carbocycles. The molecule has 3 rings (SSSR count). The highest BCUT2D eigenvalue weighted by molar-refractivity contribution is 7.90. The van der Waals surface area contributed by atoms with Gasteiger partial charge in [-0.2, -0.15) is 0 Å². The lowest BCUT2D eigenvalue weighted by Crippen LogP contribution is -2.30. The SMILES string of the molecule is O=[N+]([O-])c1ccc([O-])c(C=Nc2cccc(S(=O)(=O)NC3=NCCCCC3)c2)c1. The lowest BCUT2D eigenvalue weighted by molar-refractivity contribution is -0.385. The predicted molar refractivity (Wildman–Crippen MR) is 107 cm³/mol. The van der Waals surface area contributed by atoms with Crippen LogP contribution in [-0.2, 0) is 10.0 Å². The highest BCUT2D eigenvalue weighted by Gasteiger charge is 2.17. The maximum absolute atomic E-state index is 12.6. The molecule has 2 aromatic carbocycles. The van der Waals surface area contributed by atoms with Crippen LogP contribution in [0.5, 0.6) is 5.75 Å². The largest absolute Gasteiger partial charge is 0.872 e. The van der Waals surface area contributed by atoms with Crippen LogP contribution in [-0.4, -0.2) is 31.9 Å². The Balaban J connectivity index is 1.82. The summed E-state index contributed by atoms with van der Waals surface area (Å²) in [7, 11) is -3.81. The molecule has 0 radical (unpaired) electrons. The molecule has 0 bridgehead atoms. The van der Waals surface area contributed by atoms with Crippen molar-refractivity contribution in [2.24, 2.45) is 9.98 Å². The number of nitrogens with one attached hydrogen (secondary N) is 1. The van der Waals surface area contributed by atoms with Gasteiger partial charge >= 0.3 is 0 Å². The van der Waals surface area contributed by atoms with Gasteiger partial charge in [0.15, 0.2) is 0 Å². The van der Waals surface area contributed by atoms with E-state index in [1.54, 1.807) is 6.07 Å². The average molecular weight is 415 g/mol. The third kappa shape index (κ3) is 5.38. The zero-order valence-corrected chi connectivity index (χ0v) is 16.3. The van der Waals surface area contributed by atoms with Crippen molar-refractivity contribution < 1.29 is 18.4 Å². The van der Waals surface area contributed by atoms with Gasteiger partial charge in [-0.3, -0.25) is 24.8 Å². The minimum absolute atomic E-state index is 0.0143. The first-order valence-corrected chi connectivity index (χ1v) is 10.5. The topological polar surface area (TPSA) is 137 Å². The predicted octanol–water partition coefficient (Wildman–Crippen LogP) is 2.67. The van der Waals surface area contributed by atoms with Gasteiger partial charge < -0.3 is 5.11 Å². The third-order valence-corrected chi connectivity index (χ3v) is 5.69. The van der Waals surface area contributed by atoms with E-state index in [1.807, 2.05) is 0 Å². The van der Waals surface area contributed by atoms with E-state index >= 15 is 0 Å².